The van der Waals surface area contributed by atoms with E-state index in [-0.39, 0.29) is 22.8 Å². The average molecular weight is 597 g/mol. The maximum Gasteiger partial charge on any atom is 0.327 e. The molecule has 6 rings (SSSR count). The fourth-order valence-electron chi connectivity index (χ4n) is 5.59. The van der Waals surface area contributed by atoms with Gasteiger partial charge in [-0.1, -0.05) is 18.2 Å². The molecule has 0 radical (unpaired) electrons. The Labute approximate surface area is 246 Å². The topological polar surface area (TPSA) is 132 Å². The number of carbonyl (C=O) groups excluding carboxylic acids is 1. The molecule has 3 fully saturated rings. The number of aliphatic carboxylic acids is 1. The summed E-state index contributed by atoms with van der Waals surface area (Å²) >= 11 is 6.80. The van der Waals surface area contributed by atoms with Gasteiger partial charge in [-0.25, -0.2) is 14.5 Å². The number of hydrogen-bond donors (Lipinski definition) is 3. The van der Waals surface area contributed by atoms with Crippen LogP contribution in [0.4, 0.5) is 17.2 Å². The van der Waals surface area contributed by atoms with Gasteiger partial charge in [0.15, 0.2) is 0 Å². The molecule has 0 saturated carbocycles. The number of para-hydroxylation sites is 1. The van der Waals surface area contributed by atoms with Crippen molar-refractivity contribution in [2.75, 3.05) is 41.3 Å². The summed E-state index contributed by atoms with van der Waals surface area (Å²) < 4.78 is 6.54. The van der Waals surface area contributed by atoms with E-state index in [1.807, 2.05) is 32.0 Å². The van der Waals surface area contributed by atoms with Crippen molar-refractivity contribution < 1.29 is 19.1 Å². The van der Waals surface area contributed by atoms with E-state index in [2.05, 4.69) is 54.8 Å². The van der Waals surface area contributed by atoms with Crippen molar-refractivity contribution in [2.45, 2.75) is 49.3 Å². The molecule has 3 saturated heterocycles. The second-order valence-electron chi connectivity index (χ2n) is 10.8. The van der Waals surface area contributed by atoms with Crippen LogP contribution in [0.25, 0.3) is 0 Å². The predicted molar refractivity (Wildman–Crippen MR) is 158 cm³/mol. The summed E-state index contributed by atoms with van der Waals surface area (Å²) in [5, 5.41) is 20.2. The fourth-order valence-corrected chi connectivity index (χ4v) is 7.45. The number of hydrogen-bond acceptors (Lipinski definition) is 11. The SMILES string of the molecule is CC1(C)SC2C(NCn3nc(CNc4ccc(N5CCN(c6ccccc6)CC5)nc4)oc3=S)C(=O)N2C1C(=O)O. The number of amides is 1. The summed E-state index contributed by atoms with van der Waals surface area (Å²) in [7, 11) is 0. The Hall–Kier alpha value is -3.62. The van der Waals surface area contributed by atoms with E-state index in [0.717, 1.165) is 37.7 Å². The molecule has 3 unspecified atom stereocenters. The number of aromatic nitrogens is 3. The number of rotatable bonds is 9. The number of carbonyl (C=O) groups is 2. The molecule has 216 valence electrons. The van der Waals surface area contributed by atoms with E-state index in [1.165, 1.54) is 27.0 Å². The van der Waals surface area contributed by atoms with Crippen LogP contribution in [-0.4, -0.2) is 85.0 Å². The molecule has 5 heterocycles. The summed E-state index contributed by atoms with van der Waals surface area (Å²) in [4.78, 5) is 35.4. The van der Waals surface area contributed by atoms with Crippen LogP contribution < -0.4 is 20.4 Å². The molecule has 3 aliphatic rings. The lowest BCUT2D eigenvalue weighted by Crippen LogP contribution is -2.70. The maximum absolute atomic E-state index is 12.7. The van der Waals surface area contributed by atoms with Gasteiger partial charge in [-0.15, -0.1) is 16.9 Å². The standard InChI is InChI=1S/C27H32N8O4S2/c1-27(2)22(25(37)38)35-23(36)21(24(35)41-27)30-16-34-26(40)39-20(31-34)15-28-17-8-9-19(29-14-17)33-12-10-32(11-13-33)18-6-4-3-5-7-18/h3-9,14,21-22,24,28,30H,10-13,15-16H2,1-2H3,(H,37,38). The first kappa shape index (κ1) is 27.5. The fraction of sp³-hybridized carbons (Fsp3) is 0.444. The molecule has 1 amide bonds. The first-order chi connectivity index (χ1) is 19.7. The Morgan fingerprint density at radius 3 is 2.56 bits per heavy atom. The lowest BCUT2D eigenvalue weighted by molar-refractivity contribution is -0.160. The van der Waals surface area contributed by atoms with Crippen LogP contribution in [0.3, 0.4) is 0 Å². The maximum atomic E-state index is 12.7. The van der Waals surface area contributed by atoms with Gasteiger partial charge in [0.1, 0.15) is 23.3 Å². The Morgan fingerprint density at radius 2 is 1.88 bits per heavy atom. The molecule has 3 atom stereocenters. The zero-order valence-electron chi connectivity index (χ0n) is 22.8. The van der Waals surface area contributed by atoms with Gasteiger partial charge in [0.05, 0.1) is 25.1 Å². The Balaban J connectivity index is 0.988. The molecular weight excluding hydrogens is 564 g/mol. The Kier molecular flexibility index (Phi) is 7.38. The van der Waals surface area contributed by atoms with Crippen molar-refractivity contribution in [3.8, 4) is 0 Å². The van der Waals surface area contributed by atoms with Crippen LogP contribution in [0.2, 0.25) is 0 Å². The van der Waals surface area contributed by atoms with E-state index in [1.54, 1.807) is 6.20 Å². The third-order valence-electron chi connectivity index (χ3n) is 7.70. The van der Waals surface area contributed by atoms with Gasteiger partial charge in [0.25, 0.3) is 4.84 Å². The number of nitrogens with one attached hydrogen (secondary N) is 2. The van der Waals surface area contributed by atoms with Crippen LogP contribution in [0.5, 0.6) is 0 Å². The van der Waals surface area contributed by atoms with E-state index in [4.69, 9.17) is 16.6 Å². The lowest BCUT2D eigenvalue weighted by atomic mass is 9.96. The van der Waals surface area contributed by atoms with E-state index in [9.17, 15) is 14.7 Å². The summed E-state index contributed by atoms with van der Waals surface area (Å²) in [6, 6.07) is 13.1. The van der Waals surface area contributed by atoms with Crippen LogP contribution in [0.1, 0.15) is 19.7 Å². The third-order valence-corrected chi connectivity index (χ3v) is 9.57. The molecule has 3 aromatic rings. The second kappa shape index (κ2) is 11.0. The highest BCUT2D eigenvalue weighted by Gasteiger charge is 2.63. The van der Waals surface area contributed by atoms with Crippen molar-refractivity contribution in [2.24, 2.45) is 0 Å². The molecule has 0 bridgehead atoms. The summed E-state index contributed by atoms with van der Waals surface area (Å²) in [6.07, 6.45) is 1.80. The number of piperazine rings is 1. The summed E-state index contributed by atoms with van der Waals surface area (Å²) in [5.41, 5.74) is 2.08. The Morgan fingerprint density at radius 1 is 1.15 bits per heavy atom. The highest BCUT2D eigenvalue weighted by atomic mass is 32.2. The van der Waals surface area contributed by atoms with Crippen molar-refractivity contribution in [1.29, 1.82) is 0 Å². The van der Waals surface area contributed by atoms with Gasteiger partial charge in [0.2, 0.25) is 11.8 Å². The van der Waals surface area contributed by atoms with Gasteiger partial charge < -0.3 is 29.5 Å². The smallest absolute Gasteiger partial charge is 0.327 e. The van der Waals surface area contributed by atoms with Crippen LogP contribution in [0, 0.1) is 4.84 Å². The zero-order chi connectivity index (χ0) is 28.7. The molecule has 12 nitrogen and oxygen atoms in total. The number of thioether (sulfide) groups is 1. The summed E-state index contributed by atoms with van der Waals surface area (Å²) in [6.45, 7) is 7.89. The molecule has 0 aliphatic carbocycles. The van der Waals surface area contributed by atoms with Crippen molar-refractivity contribution >= 4 is 53.0 Å². The van der Waals surface area contributed by atoms with Gasteiger partial charge in [-0.3, -0.25) is 10.1 Å². The minimum atomic E-state index is -0.987. The monoisotopic (exact) mass is 596 g/mol. The van der Waals surface area contributed by atoms with E-state index in [0.29, 0.717) is 12.4 Å². The predicted octanol–water partition coefficient (Wildman–Crippen LogP) is 2.60. The third kappa shape index (κ3) is 5.38. The molecule has 0 spiro atoms. The van der Waals surface area contributed by atoms with Gasteiger partial charge >= 0.3 is 5.97 Å². The van der Waals surface area contributed by atoms with Crippen LogP contribution in [-0.2, 0) is 22.8 Å². The van der Waals surface area contributed by atoms with Gasteiger partial charge in [0, 0.05) is 36.6 Å². The molecular formula is C27H32N8O4S2. The number of β-lactam (4-membered cyclic amide) rings is 1. The number of nitrogens with zero attached hydrogens (tertiary/aromatic N) is 6. The minimum Gasteiger partial charge on any atom is -0.480 e. The number of benzene rings is 1. The van der Waals surface area contributed by atoms with Crippen molar-refractivity contribution in [1.82, 2.24) is 25.0 Å². The lowest BCUT2D eigenvalue weighted by Gasteiger charge is -2.43. The van der Waals surface area contributed by atoms with Crippen molar-refractivity contribution in [3.05, 3.63) is 59.4 Å². The van der Waals surface area contributed by atoms with E-state index < -0.39 is 22.8 Å². The number of carboxylic acid groups (broad SMARTS) is 1. The molecule has 3 N–H and O–H groups in total. The minimum absolute atomic E-state index is 0.176. The quantitative estimate of drug-likeness (QED) is 0.248. The molecule has 2 aromatic heterocycles. The highest BCUT2D eigenvalue weighted by Crippen LogP contribution is 2.50. The molecule has 1 aromatic carbocycles. The first-order valence-electron chi connectivity index (χ1n) is 13.5. The number of carboxylic acids is 1. The highest BCUT2D eigenvalue weighted by molar-refractivity contribution is 8.01. The Bertz CT molecular complexity index is 1470. The van der Waals surface area contributed by atoms with Gasteiger partial charge in [-0.2, -0.15) is 0 Å². The van der Waals surface area contributed by atoms with Crippen LogP contribution >= 0.6 is 24.0 Å². The average Bonchev–Trinajstić information content (AvgIpc) is 3.46. The molecule has 3 aliphatic heterocycles. The van der Waals surface area contributed by atoms with Gasteiger partial charge in [-0.05, 0) is 50.3 Å². The second-order valence-corrected chi connectivity index (χ2v) is 12.9. The van der Waals surface area contributed by atoms with E-state index >= 15 is 0 Å². The number of anilines is 3. The molecule has 41 heavy (non-hydrogen) atoms. The van der Waals surface area contributed by atoms with Crippen molar-refractivity contribution in [3.63, 3.8) is 0 Å². The summed E-state index contributed by atoms with van der Waals surface area (Å²) in [5.74, 6) is 0.131. The van der Waals surface area contributed by atoms with Crippen LogP contribution in [0.15, 0.2) is 53.1 Å². The molecule has 14 heteroatoms. The number of pyridine rings is 1. The number of fused-ring (bicyclic) bond motifs is 1. The largest absolute Gasteiger partial charge is 0.480 e. The normalized spacial score (nSPS) is 23.3. The zero-order valence-corrected chi connectivity index (χ0v) is 24.4. The first-order valence-corrected chi connectivity index (χ1v) is 14.8.